The van der Waals surface area contributed by atoms with Crippen LogP contribution in [0.1, 0.15) is 54.1 Å². The molecule has 0 spiro atoms. The maximum Gasteiger partial charge on any atom is 0.308 e. The number of piperidine rings is 1. The highest BCUT2D eigenvalue weighted by molar-refractivity contribution is 5.94. The average Bonchev–Trinajstić information content (AvgIpc) is 2.81. The van der Waals surface area contributed by atoms with Gasteiger partial charge in [0.05, 0.1) is 6.61 Å². The predicted molar refractivity (Wildman–Crippen MR) is 130 cm³/mol. The van der Waals surface area contributed by atoms with E-state index in [0.29, 0.717) is 56.3 Å². The molecule has 0 saturated carbocycles. The minimum absolute atomic E-state index is 0.0332. The van der Waals surface area contributed by atoms with Crippen LogP contribution in [-0.2, 0) is 9.59 Å². The van der Waals surface area contributed by atoms with Gasteiger partial charge in [-0.25, -0.2) is 0 Å². The van der Waals surface area contributed by atoms with E-state index < -0.39 is 5.97 Å². The molecule has 0 unspecified atom stereocenters. The maximum atomic E-state index is 12.8. The molecule has 7 heteroatoms. The number of nitrogens with zero attached hydrogens (tertiary/aromatic N) is 1. The van der Waals surface area contributed by atoms with Crippen molar-refractivity contribution in [3.05, 3.63) is 59.2 Å². The van der Waals surface area contributed by atoms with Crippen LogP contribution in [-0.4, -0.2) is 48.9 Å². The summed E-state index contributed by atoms with van der Waals surface area (Å²) in [7, 11) is 0. The summed E-state index contributed by atoms with van der Waals surface area (Å²) in [5.41, 5.74) is 2.71. The molecule has 1 heterocycles. The number of benzene rings is 2. The van der Waals surface area contributed by atoms with Crippen molar-refractivity contribution in [1.29, 1.82) is 0 Å². The van der Waals surface area contributed by atoms with E-state index in [-0.39, 0.29) is 11.8 Å². The first kappa shape index (κ1) is 25.3. The van der Waals surface area contributed by atoms with E-state index in [2.05, 4.69) is 5.32 Å². The fourth-order valence-corrected chi connectivity index (χ4v) is 4.16. The number of para-hydroxylation sites is 1. The van der Waals surface area contributed by atoms with Crippen molar-refractivity contribution in [2.45, 2.75) is 46.5 Å². The number of hydrogen-bond donors (Lipinski definition) is 1. The molecule has 182 valence electrons. The van der Waals surface area contributed by atoms with E-state index in [0.717, 1.165) is 29.7 Å². The number of hydrogen-bond acceptors (Lipinski definition) is 5. The van der Waals surface area contributed by atoms with Crippen LogP contribution in [0.2, 0.25) is 0 Å². The second-order valence-electron chi connectivity index (χ2n) is 8.83. The summed E-state index contributed by atoms with van der Waals surface area (Å²) in [6.07, 6.45) is 2.77. The minimum Gasteiger partial charge on any atom is -0.493 e. The first-order valence-corrected chi connectivity index (χ1v) is 11.9. The Kier molecular flexibility index (Phi) is 9.08. The van der Waals surface area contributed by atoms with Gasteiger partial charge in [0.2, 0.25) is 5.91 Å². The van der Waals surface area contributed by atoms with Gasteiger partial charge in [-0.15, -0.1) is 0 Å². The Morgan fingerprint density at radius 1 is 1.03 bits per heavy atom. The highest BCUT2D eigenvalue weighted by Gasteiger charge is 2.24. The van der Waals surface area contributed by atoms with Crippen LogP contribution in [0, 0.1) is 19.8 Å². The summed E-state index contributed by atoms with van der Waals surface area (Å²) in [6, 6.07) is 12.7. The fraction of sp³-hybridized carbons (Fsp3) is 0.444. The van der Waals surface area contributed by atoms with Gasteiger partial charge in [-0.05, 0) is 68.4 Å². The van der Waals surface area contributed by atoms with Gasteiger partial charge in [-0.2, -0.15) is 0 Å². The second kappa shape index (κ2) is 12.2. The molecule has 2 amide bonds. The first-order valence-electron chi connectivity index (χ1n) is 11.9. The van der Waals surface area contributed by atoms with Gasteiger partial charge in [0.25, 0.3) is 5.91 Å². The molecule has 1 aliphatic rings. The molecular formula is C27H34N2O5. The molecule has 0 aromatic heterocycles. The molecule has 2 aromatic rings. The third-order valence-electron chi connectivity index (χ3n) is 6.04. The van der Waals surface area contributed by atoms with Crippen LogP contribution in [0.3, 0.4) is 0 Å². The number of nitrogens with one attached hydrogen (secondary N) is 1. The SMILES string of the molecule is CC(=O)Oc1cccc(C(=O)N2CCC(CNC(=O)CCCOc3c(C)cccc3C)CC2)c1. The largest absolute Gasteiger partial charge is 0.493 e. The second-order valence-corrected chi connectivity index (χ2v) is 8.83. The number of ether oxygens (including phenoxy) is 2. The van der Waals surface area contributed by atoms with Crippen molar-refractivity contribution in [3.8, 4) is 11.5 Å². The van der Waals surface area contributed by atoms with Gasteiger partial charge in [-0.3, -0.25) is 14.4 Å². The Morgan fingerprint density at radius 3 is 2.38 bits per heavy atom. The molecule has 34 heavy (non-hydrogen) atoms. The molecule has 0 bridgehead atoms. The Balaban J connectivity index is 1.34. The highest BCUT2D eigenvalue weighted by atomic mass is 16.5. The van der Waals surface area contributed by atoms with Crippen molar-refractivity contribution in [2.24, 2.45) is 5.92 Å². The number of amides is 2. The van der Waals surface area contributed by atoms with Gasteiger partial charge in [0, 0.05) is 38.5 Å². The van der Waals surface area contributed by atoms with Crippen molar-refractivity contribution < 1.29 is 23.9 Å². The number of esters is 1. The lowest BCUT2D eigenvalue weighted by atomic mass is 9.96. The van der Waals surface area contributed by atoms with Gasteiger partial charge in [0.15, 0.2) is 0 Å². The third kappa shape index (κ3) is 7.33. The standard InChI is InChI=1S/C27H34N2O5/c1-19-7-4-8-20(2)26(19)33-16-6-11-25(31)28-18-22-12-14-29(15-13-22)27(32)23-9-5-10-24(17-23)34-21(3)30/h4-5,7-10,17,22H,6,11-16,18H2,1-3H3,(H,28,31). The lowest BCUT2D eigenvalue weighted by Crippen LogP contribution is -2.41. The normalized spacial score (nSPS) is 13.9. The Morgan fingerprint density at radius 2 is 1.71 bits per heavy atom. The lowest BCUT2D eigenvalue weighted by Gasteiger charge is -2.32. The summed E-state index contributed by atoms with van der Waals surface area (Å²) in [5.74, 6) is 1.18. The first-order chi connectivity index (χ1) is 16.3. The van der Waals surface area contributed by atoms with E-state index in [1.165, 1.54) is 6.92 Å². The zero-order valence-electron chi connectivity index (χ0n) is 20.3. The fourth-order valence-electron chi connectivity index (χ4n) is 4.16. The Labute approximate surface area is 201 Å². The molecule has 1 saturated heterocycles. The molecule has 1 N–H and O–H groups in total. The van der Waals surface area contributed by atoms with E-state index in [4.69, 9.17) is 9.47 Å². The smallest absolute Gasteiger partial charge is 0.308 e. The zero-order valence-corrected chi connectivity index (χ0v) is 20.3. The average molecular weight is 467 g/mol. The minimum atomic E-state index is -0.415. The van der Waals surface area contributed by atoms with Crippen LogP contribution in [0.25, 0.3) is 0 Å². The predicted octanol–water partition coefficient (Wildman–Crippen LogP) is 4.06. The molecule has 1 aliphatic heterocycles. The zero-order chi connectivity index (χ0) is 24.5. The summed E-state index contributed by atoms with van der Waals surface area (Å²) >= 11 is 0. The van der Waals surface area contributed by atoms with Crippen LogP contribution in [0.4, 0.5) is 0 Å². The molecule has 0 aliphatic carbocycles. The molecular weight excluding hydrogens is 432 g/mol. The molecule has 0 radical (unpaired) electrons. The van der Waals surface area contributed by atoms with Gasteiger partial charge in [0.1, 0.15) is 11.5 Å². The highest BCUT2D eigenvalue weighted by Crippen LogP contribution is 2.23. The summed E-state index contributed by atoms with van der Waals surface area (Å²) in [4.78, 5) is 38.0. The van der Waals surface area contributed by atoms with Gasteiger partial charge >= 0.3 is 5.97 Å². The lowest BCUT2D eigenvalue weighted by molar-refractivity contribution is -0.131. The number of aryl methyl sites for hydroxylation is 2. The summed E-state index contributed by atoms with van der Waals surface area (Å²) in [6.45, 7) is 7.79. The van der Waals surface area contributed by atoms with Gasteiger partial charge < -0.3 is 19.7 Å². The number of carbonyl (C=O) groups is 3. The molecule has 7 nitrogen and oxygen atoms in total. The van der Waals surface area contributed by atoms with Crippen molar-refractivity contribution in [2.75, 3.05) is 26.2 Å². The van der Waals surface area contributed by atoms with E-state index in [9.17, 15) is 14.4 Å². The topological polar surface area (TPSA) is 84.9 Å². The summed E-state index contributed by atoms with van der Waals surface area (Å²) in [5, 5.41) is 3.03. The number of rotatable bonds is 9. The van der Waals surface area contributed by atoms with E-state index in [1.54, 1.807) is 24.3 Å². The van der Waals surface area contributed by atoms with Crippen LogP contribution < -0.4 is 14.8 Å². The maximum absolute atomic E-state index is 12.8. The quantitative estimate of drug-likeness (QED) is 0.342. The van der Waals surface area contributed by atoms with Gasteiger partial charge in [-0.1, -0.05) is 24.3 Å². The molecule has 0 atom stereocenters. The summed E-state index contributed by atoms with van der Waals surface area (Å²) < 4.78 is 10.9. The molecule has 2 aromatic carbocycles. The van der Waals surface area contributed by atoms with Crippen LogP contribution in [0.5, 0.6) is 11.5 Å². The number of carbonyl (C=O) groups excluding carboxylic acids is 3. The Hall–Kier alpha value is -3.35. The molecule has 1 fully saturated rings. The van der Waals surface area contributed by atoms with E-state index >= 15 is 0 Å². The third-order valence-corrected chi connectivity index (χ3v) is 6.04. The number of likely N-dealkylation sites (tertiary alicyclic amines) is 1. The van der Waals surface area contributed by atoms with Crippen LogP contribution >= 0.6 is 0 Å². The molecule has 3 rings (SSSR count). The van der Waals surface area contributed by atoms with Crippen LogP contribution in [0.15, 0.2) is 42.5 Å². The van der Waals surface area contributed by atoms with Crippen molar-refractivity contribution in [1.82, 2.24) is 10.2 Å². The van der Waals surface area contributed by atoms with Crippen molar-refractivity contribution in [3.63, 3.8) is 0 Å². The monoisotopic (exact) mass is 466 g/mol. The van der Waals surface area contributed by atoms with E-state index in [1.807, 2.05) is 36.9 Å². The Bertz CT molecular complexity index is 992. The van der Waals surface area contributed by atoms with Crippen molar-refractivity contribution >= 4 is 17.8 Å².